The van der Waals surface area contributed by atoms with E-state index in [2.05, 4.69) is 5.32 Å². The molecule has 142 valence electrons. The van der Waals surface area contributed by atoms with Gasteiger partial charge in [0.25, 0.3) is 5.91 Å². The summed E-state index contributed by atoms with van der Waals surface area (Å²) in [5.74, 6) is -1.53. The summed E-state index contributed by atoms with van der Waals surface area (Å²) in [7, 11) is 2.67. The fraction of sp³-hybridized carbons (Fsp3) is 0.412. The number of amides is 3. The number of aldehydes is 1. The van der Waals surface area contributed by atoms with Crippen molar-refractivity contribution in [3.8, 4) is 11.5 Å². The van der Waals surface area contributed by atoms with Gasteiger partial charge in [-0.15, -0.1) is 0 Å². The van der Waals surface area contributed by atoms with Crippen LogP contribution in [0.3, 0.4) is 0 Å². The summed E-state index contributed by atoms with van der Waals surface area (Å²) >= 11 is 0. The maximum Gasteiger partial charge on any atom is 0.343 e. The van der Waals surface area contributed by atoms with Crippen LogP contribution in [0, 0.1) is 0 Å². The van der Waals surface area contributed by atoms with Crippen LogP contribution < -0.4 is 20.1 Å². The average Bonchev–Trinajstić information content (AvgIpc) is 2.64. The summed E-state index contributed by atoms with van der Waals surface area (Å²) in [5, 5.41) is 4.58. The molecule has 0 saturated carbocycles. The first-order valence-corrected chi connectivity index (χ1v) is 7.85. The van der Waals surface area contributed by atoms with Gasteiger partial charge in [0.05, 0.1) is 14.2 Å². The minimum atomic E-state index is -0.958. The van der Waals surface area contributed by atoms with Crippen LogP contribution in [0.5, 0.6) is 11.5 Å². The van der Waals surface area contributed by atoms with Gasteiger partial charge in [0.15, 0.2) is 24.4 Å². The Labute approximate surface area is 151 Å². The molecule has 0 fully saturated rings. The van der Waals surface area contributed by atoms with Crippen molar-refractivity contribution >= 4 is 24.2 Å². The summed E-state index contributed by atoms with van der Waals surface area (Å²) in [6.07, 6.45) is 1.15. The lowest BCUT2D eigenvalue weighted by Crippen LogP contribution is -2.44. The van der Waals surface area contributed by atoms with E-state index in [1.807, 2.05) is 12.2 Å². The fourth-order valence-corrected chi connectivity index (χ4v) is 1.98. The second-order valence-electron chi connectivity index (χ2n) is 5.29. The monoisotopic (exact) mass is 366 g/mol. The molecule has 1 rings (SSSR count). The standard InChI is InChI=1S/C17H22N2O7/c1-5-10(2)18-17(23)19-13(21)9-26-16(22)14-11(8-20)6-7-12(24-3)15(14)25-4/h6-8,10H,5,9H2,1-4H3,(H2,18,19,21,23)/t10-/m0/s1. The van der Waals surface area contributed by atoms with Crippen LogP contribution in [0.2, 0.25) is 0 Å². The predicted molar refractivity (Wildman–Crippen MR) is 91.6 cm³/mol. The summed E-state index contributed by atoms with van der Waals surface area (Å²) < 4.78 is 15.1. The number of esters is 1. The molecule has 0 bridgehead atoms. The van der Waals surface area contributed by atoms with Gasteiger partial charge in [-0.2, -0.15) is 0 Å². The quantitative estimate of drug-likeness (QED) is 0.525. The Balaban J connectivity index is 2.81. The van der Waals surface area contributed by atoms with E-state index < -0.39 is 24.5 Å². The van der Waals surface area contributed by atoms with E-state index in [1.54, 1.807) is 6.92 Å². The molecule has 9 nitrogen and oxygen atoms in total. The number of ether oxygens (including phenoxy) is 3. The second kappa shape index (κ2) is 10.0. The van der Waals surface area contributed by atoms with E-state index in [0.29, 0.717) is 12.7 Å². The third-order valence-corrected chi connectivity index (χ3v) is 3.49. The molecule has 26 heavy (non-hydrogen) atoms. The number of carbonyl (C=O) groups excluding carboxylic acids is 4. The fourth-order valence-electron chi connectivity index (χ4n) is 1.98. The number of rotatable bonds is 8. The number of methoxy groups -OCH3 is 2. The van der Waals surface area contributed by atoms with Crippen molar-refractivity contribution in [3.05, 3.63) is 23.3 Å². The molecule has 0 aliphatic rings. The van der Waals surface area contributed by atoms with Crippen molar-refractivity contribution in [2.75, 3.05) is 20.8 Å². The van der Waals surface area contributed by atoms with Crippen LogP contribution in [-0.2, 0) is 9.53 Å². The van der Waals surface area contributed by atoms with Crippen LogP contribution in [-0.4, -0.2) is 51.1 Å². The molecule has 1 aromatic rings. The molecule has 1 aromatic carbocycles. The van der Waals surface area contributed by atoms with Crippen molar-refractivity contribution in [3.63, 3.8) is 0 Å². The minimum absolute atomic E-state index is 0.0111. The largest absolute Gasteiger partial charge is 0.493 e. The molecule has 0 heterocycles. The zero-order valence-electron chi connectivity index (χ0n) is 15.1. The SMILES string of the molecule is CC[C@H](C)NC(=O)NC(=O)COC(=O)c1c(C=O)ccc(OC)c1OC. The van der Waals surface area contributed by atoms with E-state index in [4.69, 9.17) is 14.2 Å². The van der Waals surface area contributed by atoms with Gasteiger partial charge in [-0.25, -0.2) is 9.59 Å². The summed E-state index contributed by atoms with van der Waals surface area (Å²) in [4.78, 5) is 46.7. The highest BCUT2D eigenvalue weighted by Crippen LogP contribution is 2.33. The van der Waals surface area contributed by atoms with Crippen molar-refractivity contribution in [2.24, 2.45) is 0 Å². The van der Waals surface area contributed by atoms with Crippen LogP contribution in [0.4, 0.5) is 4.79 Å². The molecule has 0 unspecified atom stereocenters. The number of benzene rings is 1. The Morgan fingerprint density at radius 2 is 1.88 bits per heavy atom. The highest BCUT2D eigenvalue weighted by molar-refractivity contribution is 6.03. The Hall–Kier alpha value is -3.10. The molecule has 9 heteroatoms. The third kappa shape index (κ3) is 5.47. The van der Waals surface area contributed by atoms with Gasteiger partial charge in [-0.1, -0.05) is 6.92 Å². The summed E-state index contributed by atoms with van der Waals surface area (Å²) in [6.45, 7) is 2.95. The van der Waals surface area contributed by atoms with Crippen molar-refractivity contribution in [2.45, 2.75) is 26.3 Å². The zero-order chi connectivity index (χ0) is 19.7. The number of nitrogens with one attached hydrogen (secondary N) is 2. The van der Waals surface area contributed by atoms with Crippen molar-refractivity contribution in [1.82, 2.24) is 10.6 Å². The Morgan fingerprint density at radius 1 is 1.19 bits per heavy atom. The van der Waals surface area contributed by atoms with Crippen LogP contribution in [0.15, 0.2) is 12.1 Å². The van der Waals surface area contributed by atoms with E-state index in [1.165, 1.54) is 26.4 Å². The molecule has 2 N–H and O–H groups in total. The van der Waals surface area contributed by atoms with Crippen LogP contribution in [0.25, 0.3) is 0 Å². The Kier molecular flexibility index (Phi) is 8.07. The van der Waals surface area contributed by atoms with Gasteiger partial charge in [0.2, 0.25) is 0 Å². The maximum atomic E-state index is 12.3. The van der Waals surface area contributed by atoms with E-state index in [9.17, 15) is 19.2 Å². The molecule has 0 radical (unpaired) electrons. The molecule has 0 aliphatic carbocycles. The van der Waals surface area contributed by atoms with E-state index in [-0.39, 0.29) is 28.7 Å². The van der Waals surface area contributed by atoms with Crippen LogP contribution >= 0.6 is 0 Å². The second-order valence-corrected chi connectivity index (χ2v) is 5.29. The molecular weight excluding hydrogens is 344 g/mol. The molecule has 0 saturated heterocycles. The van der Waals surface area contributed by atoms with Gasteiger partial charge < -0.3 is 19.5 Å². The van der Waals surface area contributed by atoms with Gasteiger partial charge in [0.1, 0.15) is 5.56 Å². The first-order valence-electron chi connectivity index (χ1n) is 7.85. The number of imide groups is 1. The smallest absolute Gasteiger partial charge is 0.343 e. The lowest BCUT2D eigenvalue weighted by molar-refractivity contribution is -0.123. The normalized spacial score (nSPS) is 11.1. The Morgan fingerprint density at radius 3 is 2.42 bits per heavy atom. The highest BCUT2D eigenvalue weighted by atomic mass is 16.5. The van der Waals surface area contributed by atoms with Crippen molar-refractivity contribution in [1.29, 1.82) is 0 Å². The number of hydrogen-bond acceptors (Lipinski definition) is 7. The number of carbonyl (C=O) groups is 4. The molecule has 3 amide bonds. The third-order valence-electron chi connectivity index (χ3n) is 3.49. The van der Waals surface area contributed by atoms with Crippen molar-refractivity contribution < 1.29 is 33.4 Å². The number of urea groups is 1. The Bertz CT molecular complexity index is 688. The first-order chi connectivity index (χ1) is 12.4. The molecule has 0 aromatic heterocycles. The minimum Gasteiger partial charge on any atom is -0.493 e. The first kappa shape index (κ1) is 20.9. The van der Waals surface area contributed by atoms with Gasteiger partial charge in [-0.3, -0.25) is 14.9 Å². The van der Waals surface area contributed by atoms with E-state index in [0.717, 1.165) is 0 Å². The lowest BCUT2D eigenvalue weighted by Gasteiger charge is -2.14. The van der Waals surface area contributed by atoms with Gasteiger partial charge in [0, 0.05) is 11.6 Å². The summed E-state index contributed by atoms with van der Waals surface area (Å²) in [5.41, 5.74) is -0.152. The zero-order valence-corrected chi connectivity index (χ0v) is 15.1. The van der Waals surface area contributed by atoms with E-state index >= 15 is 0 Å². The van der Waals surface area contributed by atoms with Gasteiger partial charge >= 0.3 is 12.0 Å². The molecular formula is C17H22N2O7. The van der Waals surface area contributed by atoms with Crippen LogP contribution in [0.1, 0.15) is 41.0 Å². The maximum absolute atomic E-state index is 12.3. The summed E-state index contributed by atoms with van der Waals surface area (Å²) in [6, 6.07) is 2.03. The molecule has 0 spiro atoms. The highest BCUT2D eigenvalue weighted by Gasteiger charge is 2.23. The lowest BCUT2D eigenvalue weighted by atomic mass is 10.1. The number of hydrogen-bond donors (Lipinski definition) is 2. The molecule has 0 aliphatic heterocycles. The molecule has 1 atom stereocenters. The predicted octanol–water partition coefficient (Wildman–Crippen LogP) is 1.30. The average molecular weight is 366 g/mol. The van der Waals surface area contributed by atoms with Gasteiger partial charge in [-0.05, 0) is 25.5 Å². The topological polar surface area (TPSA) is 120 Å².